The van der Waals surface area contributed by atoms with Crippen LogP contribution in [0.4, 0.5) is 5.69 Å². The van der Waals surface area contributed by atoms with Crippen molar-refractivity contribution in [2.45, 2.75) is 13.0 Å². The summed E-state index contributed by atoms with van der Waals surface area (Å²) in [5, 5.41) is 0. The maximum Gasteiger partial charge on any atom is 0.0553 e. The Hall–Kier alpha value is -1.13. The molecule has 1 aliphatic heterocycles. The first kappa shape index (κ1) is 11.4. The van der Waals surface area contributed by atoms with E-state index in [1.807, 2.05) is 12.3 Å². The van der Waals surface area contributed by atoms with Gasteiger partial charge in [0.25, 0.3) is 0 Å². The second kappa shape index (κ2) is 5.27. The molecule has 1 saturated heterocycles. The maximum absolute atomic E-state index is 5.54. The molecule has 0 aromatic carbocycles. The van der Waals surface area contributed by atoms with E-state index in [2.05, 4.69) is 27.9 Å². The van der Waals surface area contributed by atoms with Crippen LogP contribution < -0.4 is 10.6 Å². The summed E-state index contributed by atoms with van der Waals surface area (Å²) in [5.74, 6) is 0. The number of anilines is 1. The van der Waals surface area contributed by atoms with E-state index in [1.54, 1.807) is 0 Å². The van der Waals surface area contributed by atoms with Gasteiger partial charge in [-0.2, -0.15) is 0 Å². The van der Waals surface area contributed by atoms with Crippen LogP contribution in [0, 0.1) is 0 Å². The monoisotopic (exact) mass is 220 g/mol. The fourth-order valence-electron chi connectivity index (χ4n) is 2.03. The Labute approximate surface area is 97.1 Å². The van der Waals surface area contributed by atoms with Crippen molar-refractivity contribution >= 4 is 5.69 Å². The van der Waals surface area contributed by atoms with Gasteiger partial charge in [-0.1, -0.05) is 0 Å². The van der Waals surface area contributed by atoms with Gasteiger partial charge in [0.2, 0.25) is 0 Å². The summed E-state index contributed by atoms with van der Waals surface area (Å²) >= 11 is 0. The summed E-state index contributed by atoms with van der Waals surface area (Å²) in [5.41, 5.74) is 7.71. The fraction of sp³-hybridized carbons (Fsp3) is 0.583. The number of hydrogen-bond acceptors (Lipinski definition) is 4. The standard InChI is InChI=1S/C12H20N4/c1-15-5-2-6-16(8-7-15)12-4-3-11(9-13)14-10-12/h3-4,10H,2,5-9,13H2,1H3. The third-order valence-electron chi connectivity index (χ3n) is 3.10. The molecule has 1 aromatic heterocycles. The Morgan fingerprint density at radius 3 is 2.81 bits per heavy atom. The van der Waals surface area contributed by atoms with Crippen LogP contribution in [0.15, 0.2) is 18.3 Å². The lowest BCUT2D eigenvalue weighted by molar-refractivity contribution is 0.360. The van der Waals surface area contributed by atoms with E-state index in [9.17, 15) is 0 Å². The number of hydrogen-bond donors (Lipinski definition) is 1. The van der Waals surface area contributed by atoms with E-state index in [4.69, 9.17) is 5.73 Å². The molecule has 0 aliphatic carbocycles. The molecule has 2 rings (SSSR count). The van der Waals surface area contributed by atoms with Crippen molar-refractivity contribution < 1.29 is 0 Å². The minimum Gasteiger partial charge on any atom is -0.369 e. The van der Waals surface area contributed by atoms with Crippen molar-refractivity contribution in [2.75, 3.05) is 38.1 Å². The highest BCUT2D eigenvalue weighted by Crippen LogP contribution is 2.15. The SMILES string of the molecule is CN1CCCN(c2ccc(CN)nc2)CC1. The van der Waals surface area contributed by atoms with Gasteiger partial charge in [-0.25, -0.2) is 0 Å². The summed E-state index contributed by atoms with van der Waals surface area (Å²) in [7, 11) is 2.18. The third kappa shape index (κ3) is 2.71. The third-order valence-corrected chi connectivity index (χ3v) is 3.10. The molecule has 1 aliphatic rings. The second-order valence-electron chi connectivity index (χ2n) is 4.36. The molecule has 1 aromatic rings. The van der Waals surface area contributed by atoms with Crippen molar-refractivity contribution in [1.82, 2.24) is 9.88 Å². The lowest BCUT2D eigenvalue weighted by Crippen LogP contribution is -2.28. The van der Waals surface area contributed by atoms with Crippen molar-refractivity contribution in [3.05, 3.63) is 24.0 Å². The van der Waals surface area contributed by atoms with Crippen LogP contribution in [-0.4, -0.2) is 43.1 Å². The molecule has 4 nitrogen and oxygen atoms in total. The molecule has 4 heteroatoms. The van der Waals surface area contributed by atoms with Crippen molar-refractivity contribution in [3.63, 3.8) is 0 Å². The number of aromatic nitrogens is 1. The van der Waals surface area contributed by atoms with Crippen LogP contribution in [0.1, 0.15) is 12.1 Å². The highest BCUT2D eigenvalue weighted by molar-refractivity contribution is 5.44. The lowest BCUT2D eigenvalue weighted by atomic mass is 10.3. The average molecular weight is 220 g/mol. The molecular weight excluding hydrogens is 200 g/mol. The zero-order chi connectivity index (χ0) is 11.4. The van der Waals surface area contributed by atoms with E-state index in [0.717, 1.165) is 25.3 Å². The lowest BCUT2D eigenvalue weighted by Gasteiger charge is -2.22. The molecule has 2 N–H and O–H groups in total. The predicted molar refractivity (Wildman–Crippen MR) is 66.5 cm³/mol. The van der Waals surface area contributed by atoms with E-state index in [1.165, 1.54) is 18.7 Å². The molecule has 0 saturated carbocycles. The Kier molecular flexibility index (Phi) is 3.74. The van der Waals surface area contributed by atoms with Gasteiger partial charge in [-0.05, 0) is 32.1 Å². The fourth-order valence-corrected chi connectivity index (χ4v) is 2.03. The Bertz CT molecular complexity index is 322. The topological polar surface area (TPSA) is 45.4 Å². The Morgan fingerprint density at radius 1 is 1.25 bits per heavy atom. The summed E-state index contributed by atoms with van der Waals surface area (Å²) < 4.78 is 0. The van der Waals surface area contributed by atoms with Crippen molar-refractivity contribution in [3.8, 4) is 0 Å². The van der Waals surface area contributed by atoms with Crippen LogP contribution in [-0.2, 0) is 6.54 Å². The number of pyridine rings is 1. The first-order valence-corrected chi connectivity index (χ1v) is 5.88. The molecule has 0 amide bonds. The average Bonchev–Trinajstić information content (AvgIpc) is 2.54. The zero-order valence-electron chi connectivity index (χ0n) is 9.89. The van der Waals surface area contributed by atoms with Gasteiger partial charge >= 0.3 is 0 Å². The number of nitrogens with zero attached hydrogens (tertiary/aromatic N) is 3. The molecule has 0 atom stereocenters. The highest BCUT2D eigenvalue weighted by Gasteiger charge is 2.12. The highest BCUT2D eigenvalue weighted by atomic mass is 15.2. The van der Waals surface area contributed by atoms with Crippen molar-refractivity contribution in [2.24, 2.45) is 5.73 Å². The molecule has 2 heterocycles. The van der Waals surface area contributed by atoms with E-state index in [0.29, 0.717) is 6.54 Å². The van der Waals surface area contributed by atoms with Crippen LogP contribution in [0.5, 0.6) is 0 Å². The van der Waals surface area contributed by atoms with Gasteiger partial charge in [0.15, 0.2) is 0 Å². The summed E-state index contributed by atoms with van der Waals surface area (Å²) in [6, 6.07) is 4.14. The summed E-state index contributed by atoms with van der Waals surface area (Å²) in [6.07, 6.45) is 3.16. The van der Waals surface area contributed by atoms with E-state index < -0.39 is 0 Å². The Balaban J connectivity index is 2.04. The summed E-state index contributed by atoms with van der Waals surface area (Å²) in [4.78, 5) is 9.12. The molecule has 0 spiro atoms. The Morgan fingerprint density at radius 2 is 2.12 bits per heavy atom. The van der Waals surface area contributed by atoms with Crippen LogP contribution in [0.2, 0.25) is 0 Å². The van der Waals surface area contributed by atoms with Gasteiger partial charge in [0, 0.05) is 26.2 Å². The first-order chi connectivity index (χ1) is 7.79. The first-order valence-electron chi connectivity index (χ1n) is 5.88. The quantitative estimate of drug-likeness (QED) is 0.796. The van der Waals surface area contributed by atoms with Crippen LogP contribution >= 0.6 is 0 Å². The predicted octanol–water partition coefficient (Wildman–Crippen LogP) is 0.682. The normalized spacial score (nSPS) is 18.5. The number of likely N-dealkylation sites (N-methyl/N-ethyl adjacent to an activating group) is 1. The molecule has 0 bridgehead atoms. The van der Waals surface area contributed by atoms with E-state index >= 15 is 0 Å². The zero-order valence-corrected chi connectivity index (χ0v) is 9.89. The smallest absolute Gasteiger partial charge is 0.0553 e. The van der Waals surface area contributed by atoms with Crippen LogP contribution in [0.3, 0.4) is 0 Å². The van der Waals surface area contributed by atoms with Crippen molar-refractivity contribution in [1.29, 1.82) is 0 Å². The van der Waals surface area contributed by atoms with E-state index in [-0.39, 0.29) is 0 Å². The van der Waals surface area contributed by atoms with Crippen LogP contribution in [0.25, 0.3) is 0 Å². The minimum absolute atomic E-state index is 0.517. The molecule has 0 unspecified atom stereocenters. The molecule has 88 valence electrons. The molecule has 0 radical (unpaired) electrons. The largest absolute Gasteiger partial charge is 0.369 e. The maximum atomic E-state index is 5.54. The molecule has 16 heavy (non-hydrogen) atoms. The van der Waals surface area contributed by atoms with Gasteiger partial charge in [0.05, 0.1) is 17.6 Å². The molecular formula is C12H20N4. The van der Waals surface area contributed by atoms with Gasteiger partial charge in [0.1, 0.15) is 0 Å². The van der Waals surface area contributed by atoms with Gasteiger partial charge in [-0.15, -0.1) is 0 Å². The second-order valence-corrected chi connectivity index (χ2v) is 4.36. The minimum atomic E-state index is 0.517. The van der Waals surface area contributed by atoms with Gasteiger partial charge < -0.3 is 15.5 Å². The number of rotatable bonds is 2. The van der Waals surface area contributed by atoms with Gasteiger partial charge in [-0.3, -0.25) is 4.98 Å². The molecule has 1 fully saturated rings. The summed E-state index contributed by atoms with van der Waals surface area (Å²) in [6.45, 7) is 5.03. The number of nitrogens with two attached hydrogens (primary N) is 1.